The molecule has 148 valence electrons. The van der Waals surface area contributed by atoms with Gasteiger partial charge in [0.25, 0.3) is 5.91 Å². The van der Waals surface area contributed by atoms with Crippen LogP contribution in [0.3, 0.4) is 0 Å². The van der Waals surface area contributed by atoms with E-state index < -0.39 is 24.7 Å². The lowest BCUT2D eigenvalue weighted by Crippen LogP contribution is -2.52. The molecule has 1 heterocycles. The van der Waals surface area contributed by atoms with Gasteiger partial charge in [-0.25, -0.2) is 4.79 Å². The number of carbonyl (C=O) groups is 3. The van der Waals surface area contributed by atoms with E-state index in [0.717, 1.165) is 5.56 Å². The maximum atomic E-state index is 12.4. The largest absolute Gasteiger partial charge is 0.405 e. The van der Waals surface area contributed by atoms with Crippen LogP contribution in [0.2, 0.25) is 0 Å². The van der Waals surface area contributed by atoms with Crippen LogP contribution in [0, 0.1) is 6.92 Å². The Labute approximate surface area is 154 Å². The molecule has 0 radical (unpaired) electrons. The summed E-state index contributed by atoms with van der Waals surface area (Å²) in [5.41, 5.74) is 1.65. The van der Waals surface area contributed by atoms with Gasteiger partial charge in [-0.1, -0.05) is 17.7 Å². The molecule has 4 amide bonds. The monoisotopic (exact) mass is 386 g/mol. The van der Waals surface area contributed by atoms with Crippen molar-refractivity contribution in [2.24, 2.45) is 0 Å². The van der Waals surface area contributed by atoms with E-state index in [2.05, 4.69) is 0 Å². The summed E-state index contributed by atoms with van der Waals surface area (Å²) in [5.74, 6) is -0.793. The summed E-state index contributed by atoms with van der Waals surface area (Å²) < 4.78 is 36.0. The van der Waals surface area contributed by atoms with E-state index in [1.54, 1.807) is 27.2 Å². The minimum atomic E-state index is -4.54. The molecule has 2 rings (SSSR count). The van der Waals surface area contributed by atoms with E-state index in [-0.39, 0.29) is 12.5 Å². The first-order valence-electron chi connectivity index (χ1n) is 8.37. The van der Waals surface area contributed by atoms with Crippen LogP contribution in [0.15, 0.2) is 24.3 Å². The van der Waals surface area contributed by atoms with Gasteiger partial charge in [-0.15, -0.1) is 0 Å². The Hall–Kier alpha value is -2.62. The number of hydrogen-bond acceptors (Lipinski definition) is 4. The minimum absolute atomic E-state index is 0.0920. The zero-order chi connectivity index (χ0) is 20.0. The molecule has 0 saturated carbocycles. The molecule has 1 aromatic carbocycles. The number of urea groups is 1. The maximum Gasteiger partial charge on any atom is 0.405 e. The van der Waals surface area contributed by atoms with Gasteiger partial charge in [0.05, 0.1) is 6.54 Å². The molecular weight excluding hydrogens is 365 g/mol. The number of nitrogens with one attached hydrogen (secondary N) is 2. The number of hydrogen-bond donors (Lipinski definition) is 2. The summed E-state index contributed by atoms with van der Waals surface area (Å²) in [6, 6.07) is 6.05. The van der Waals surface area contributed by atoms with Crippen LogP contribution >= 0.6 is 0 Å². The van der Waals surface area contributed by atoms with Gasteiger partial charge in [0.1, 0.15) is 6.54 Å². The van der Waals surface area contributed by atoms with Gasteiger partial charge in [0.2, 0.25) is 5.91 Å². The molecule has 27 heavy (non-hydrogen) atoms. The maximum absolute atomic E-state index is 12.4. The van der Waals surface area contributed by atoms with Gasteiger partial charge in [-0.2, -0.15) is 13.2 Å². The predicted octanol–water partition coefficient (Wildman–Crippen LogP) is 1.14. The van der Waals surface area contributed by atoms with Crippen LogP contribution in [0.5, 0.6) is 0 Å². The molecule has 0 aromatic heterocycles. The summed E-state index contributed by atoms with van der Waals surface area (Å²) >= 11 is 0. The number of imide groups is 1. The highest BCUT2D eigenvalue weighted by Gasteiger charge is 2.28. The SMILES string of the molecule is Cc1ccc(C(=O)N2CCN(CC(=O)NC(=O)NCC(F)(F)F)CC2)cc1. The van der Waals surface area contributed by atoms with Gasteiger partial charge in [0, 0.05) is 31.7 Å². The number of amides is 4. The summed E-state index contributed by atoms with van der Waals surface area (Å²) in [4.78, 5) is 38.8. The fourth-order valence-electron chi connectivity index (χ4n) is 2.58. The lowest BCUT2D eigenvalue weighted by Gasteiger charge is -2.34. The molecule has 1 aromatic rings. The highest BCUT2D eigenvalue weighted by Crippen LogP contribution is 2.12. The quantitative estimate of drug-likeness (QED) is 0.813. The molecule has 0 unspecified atom stereocenters. The molecule has 0 bridgehead atoms. The van der Waals surface area contributed by atoms with E-state index in [1.165, 1.54) is 0 Å². The number of benzene rings is 1. The third kappa shape index (κ3) is 6.89. The molecule has 0 atom stereocenters. The van der Waals surface area contributed by atoms with Crippen molar-refractivity contribution in [1.82, 2.24) is 20.4 Å². The molecule has 0 aliphatic carbocycles. The first-order chi connectivity index (χ1) is 12.6. The summed E-state index contributed by atoms with van der Waals surface area (Å²) in [5, 5.41) is 3.42. The van der Waals surface area contributed by atoms with Gasteiger partial charge >= 0.3 is 12.2 Å². The van der Waals surface area contributed by atoms with Crippen molar-refractivity contribution < 1.29 is 27.6 Å². The molecule has 10 heteroatoms. The first kappa shape index (κ1) is 20.7. The number of rotatable bonds is 4. The highest BCUT2D eigenvalue weighted by atomic mass is 19.4. The van der Waals surface area contributed by atoms with Gasteiger partial charge in [-0.05, 0) is 19.1 Å². The van der Waals surface area contributed by atoms with E-state index in [9.17, 15) is 27.6 Å². The molecule has 0 spiro atoms. The topological polar surface area (TPSA) is 81.8 Å². The van der Waals surface area contributed by atoms with Crippen molar-refractivity contribution in [3.63, 3.8) is 0 Å². The first-order valence-corrected chi connectivity index (χ1v) is 8.37. The third-order valence-electron chi connectivity index (χ3n) is 4.03. The number of alkyl halides is 3. The van der Waals surface area contributed by atoms with E-state index >= 15 is 0 Å². The molecule has 1 aliphatic heterocycles. The molecule has 1 aliphatic rings. The second kappa shape index (κ2) is 8.85. The normalized spacial score (nSPS) is 15.3. The van der Waals surface area contributed by atoms with E-state index in [4.69, 9.17) is 0 Å². The molecule has 2 N–H and O–H groups in total. The number of halogens is 3. The van der Waals surface area contributed by atoms with Crippen LogP contribution in [-0.4, -0.2) is 73.1 Å². The molecule has 1 fully saturated rings. The highest BCUT2D eigenvalue weighted by molar-refractivity contribution is 5.95. The summed E-state index contributed by atoms with van der Waals surface area (Å²) in [6.07, 6.45) is -4.54. The van der Waals surface area contributed by atoms with Crippen molar-refractivity contribution in [2.45, 2.75) is 13.1 Å². The second-order valence-electron chi connectivity index (χ2n) is 6.28. The van der Waals surface area contributed by atoms with Gasteiger partial charge in [-0.3, -0.25) is 19.8 Å². The predicted molar refractivity (Wildman–Crippen MR) is 91.1 cm³/mol. The number of carbonyl (C=O) groups excluding carboxylic acids is 3. The zero-order valence-corrected chi connectivity index (χ0v) is 14.8. The fourth-order valence-corrected chi connectivity index (χ4v) is 2.58. The van der Waals surface area contributed by atoms with Crippen LogP contribution in [0.4, 0.5) is 18.0 Å². The Kier molecular flexibility index (Phi) is 6.78. The Balaban J connectivity index is 1.73. The molecule has 7 nitrogen and oxygen atoms in total. The van der Waals surface area contributed by atoms with Crippen molar-refractivity contribution in [1.29, 1.82) is 0 Å². The van der Waals surface area contributed by atoms with Crippen molar-refractivity contribution in [3.05, 3.63) is 35.4 Å². The Morgan fingerprint density at radius 3 is 2.19 bits per heavy atom. The van der Waals surface area contributed by atoms with Gasteiger partial charge < -0.3 is 10.2 Å². The van der Waals surface area contributed by atoms with E-state index in [0.29, 0.717) is 31.7 Å². The average Bonchev–Trinajstić information content (AvgIpc) is 2.60. The van der Waals surface area contributed by atoms with Crippen LogP contribution in [-0.2, 0) is 4.79 Å². The number of piperazine rings is 1. The number of nitrogens with zero attached hydrogens (tertiary/aromatic N) is 2. The average molecular weight is 386 g/mol. The fraction of sp³-hybridized carbons (Fsp3) is 0.471. The van der Waals surface area contributed by atoms with Crippen LogP contribution in [0.25, 0.3) is 0 Å². The van der Waals surface area contributed by atoms with Crippen LogP contribution < -0.4 is 10.6 Å². The van der Waals surface area contributed by atoms with Crippen molar-refractivity contribution >= 4 is 17.8 Å². The van der Waals surface area contributed by atoms with Crippen molar-refractivity contribution in [3.8, 4) is 0 Å². The number of aryl methyl sites for hydroxylation is 1. The Bertz CT molecular complexity index is 684. The lowest BCUT2D eigenvalue weighted by molar-refractivity contribution is -0.125. The second-order valence-corrected chi connectivity index (χ2v) is 6.28. The van der Waals surface area contributed by atoms with E-state index in [1.807, 2.05) is 24.4 Å². The Morgan fingerprint density at radius 1 is 1.04 bits per heavy atom. The smallest absolute Gasteiger partial charge is 0.336 e. The van der Waals surface area contributed by atoms with Crippen LogP contribution in [0.1, 0.15) is 15.9 Å². The Morgan fingerprint density at radius 2 is 1.63 bits per heavy atom. The molecule has 1 saturated heterocycles. The minimum Gasteiger partial charge on any atom is -0.336 e. The summed E-state index contributed by atoms with van der Waals surface area (Å²) in [7, 11) is 0. The summed E-state index contributed by atoms with van der Waals surface area (Å²) in [6.45, 7) is 1.98. The standard InChI is InChI=1S/C17H21F3N4O3/c1-12-2-4-13(5-3-12)15(26)24-8-6-23(7-9-24)10-14(25)22-16(27)21-11-17(18,19)20/h2-5H,6-11H2,1H3,(H2,21,22,25,27). The molecular formula is C17H21F3N4O3. The zero-order valence-electron chi connectivity index (χ0n) is 14.8. The third-order valence-corrected chi connectivity index (χ3v) is 4.03. The van der Waals surface area contributed by atoms with Gasteiger partial charge in [0.15, 0.2) is 0 Å². The lowest BCUT2D eigenvalue weighted by atomic mass is 10.1. The van der Waals surface area contributed by atoms with Crippen molar-refractivity contribution in [2.75, 3.05) is 39.3 Å².